The molecule has 0 aliphatic heterocycles. The summed E-state index contributed by atoms with van der Waals surface area (Å²) in [6, 6.07) is 48.5. The Balaban J connectivity index is 1.24. The van der Waals surface area contributed by atoms with Gasteiger partial charge in [-0.2, -0.15) is 4.63 Å². The summed E-state index contributed by atoms with van der Waals surface area (Å²) in [4.78, 5) is 4.75. The minimum Gasteiger partial charge on any atom is -0.390 e. The molecular weight excluding hydrogens is 633 g/mol. The highest BCUT2D eigenvalue weighted by atomic mass is 16.3. The number of benzene rings is 5. The van der Waals surface area contributed by atoms with Crippen LogP contribution in [0.5, 0.6) is 0 Å². The maximum atomic E-state index is 10.4. The van der Waals surface area contributed by atoms with Crippen molar-refractivity contribution in [3.8, 4) is 22.5 Å². The van der Waals surface area contributed by atoms with Gasteiger partial charge in [0, 0.05) is 28.7 Å². The molecule has 0 fully saturated rings. The summed E-state index contributed by atoms with van der Waals surface area (Å²) in [5.74, 6) is 1.50. The molecule has 51 heavy (non-hydrogen) atoms. The molecule has 0 atom stereocenters. The Kier molecular flexibility index (Phi) is 8.55. The predicted octanol–water partition coefficient (Wildman–Crippen LogP) is 6.78. The molecule has 8 rings (SSSR count). The summed E-state index contributed by atoms with van der Waals surface area (Å²) in [6.45, 7) is 4.63. The topological polar surface area (TPSA) is 101 Å². The van der Waals surface area contributed by atoms with E-state index in [0.717, 1.165) is 74.5 Å². The molecule has 8 aromatic rings. The molecule has 0 amide bonds. The first-order chi connectivity index (χ1) is 25.2. The molecule has 0 radical (unpaired) electrons. The molecule has 9 heteroatoms. The molecule has 2 N–H and O–H groups in total. The van der Waals surface area contributed by atoms with Crippen LogP contribution >= 0.6 is 0 Å². The molecule has 0 unspecified atom stereocenters. The summed E-state index contributed by atoms with van der Waals surface area (Å²) in [7, 11) is 0. The molecule has 0 aliphatic rings. The van der Waals surface area contributed by atoms with Gasteiger partial charge in [-0.25, -0.2) is 4.98 Å². The minimum atomic E-state index is -0.803. The van der Waals surface area contributed by atoms with Crippen molar-refractivity contribution in [2.75, 3.05) is 0 Å². The second-order valence-corrected chi connectivity index (χ2v) is 12.6. The van der Waals surface area contributed by atoms with Gasteiger partial charge in [-0.05, 0) is 29.2 Å². The fourth-order valence-electron chi connectivity index (χ4n) is 7.39. The van der Waals surface area contributed by atoms with E-state index in [2.05, 4.69) is 144 Å². The number of aromatic amines is 1. The average Bonchev–Trinajstić information content (AvgIpc) is 3.92. The number of aromatic nitrogens is 8. The first-order valence-corrected chi connectivity index (χ1v) is 17.4. The maximum absolute atomic E-state index is 10.4. The summed E-state index contributed by atoms with van der Waals surface area (Å²) in [6.07, 6.45) is 1.52. The van der Waals surface area contributed by atoms with Gasteiger partial charge in [0.05, 0.1) is 24.4 Å². The van der Waals surface area contributed by atoms with Crippen LogP contribution in [-0.4, -0.2) is 40.0 Å². The van der Waals surface area contributed by atoms with Crippen LogP contribution in [0.3, 0.4) is 0 Å². The largest absolute Gasteiger partial charge is 0.390 e. The normalized spacial score (nSPS) is 11.7. The lowest BCUT2D eigenvalue weighted by molar-refractivity contribution is -0.779. The first-order valence-electron chi connectivity index (χ1n) is 17.4. The Morgan fingerprint density at radius 2 is 1.25 bits per heavy atom. The highest BCUT2D eigenvalue weighted by Crippen LogP contribution is 2.38. The van der Waals surface area contributed by atoms with E-state index in [1.165, 1.54) is 0 Å². The van der Waals surface area contributed by atoms with E-state index in [9.17, 15) is 5.11 Å². The van der Waals surface area contributed by atoms with Crippen LogP contribution < -0.4 is 4.68 Å². The van der Waals surface area contributed by atoms with Gasteiger partial charge in [-0.15, -0.1) is 9.78 Å². The molecule has 5 aromatic carbocycles. The SMILES string of the molecule is CCc1nc2c(CC)c(CO)n(Cc3ccc(-c4ccccc4-c4nn[nH][n+]4C(c4ccccc4)(c4ccccc4)c4ccccc4)cc3)n2n1. The van der Waals surface area contributed by atoms with Gasteiger partial charge >= 0.3 is 5.82 Å². The number of tetrazole rings is 1. The van der Waals surface area contributed by atoms with Crippen LogP contribution in [0.1, 0.15) is 53.2 Å². The zero-order valence-electron chi connectivity index (χ0n) is 28.7. The van der Waals surface area contributed by atoms with Gasteiger partial charge < -0.3 is 5.11 Å². The van der Waals surface area contributed by atoms with Gasteiger partial charge in [0.25, 0.3) is 0 Å². The molecule has 3 aromatic heterocycles. The van der Waals surface area contributed by atoms with Crippen molar-refractivity contribution in [2.45, 2.75) is 45.4 Å². The Morgan fingerprint density at radius 1 is 0.686 bits per heavy atom. The van der Waals surface area contributed by atoms with Gasteiger partial charge in [0.15, 0.2) is 22.2 Å². The zero-order valence-corrected chi connectivity index (χ0v) is 28.7. The summed E-state index contributed by atoms with van der Waals surface area (Å²) in [5, 5.41) is 27.6. The van der Waals surface area contributed by atoms with Crippen LogP contribution in [0.2, 0.25) is 0 Å². The molecule has 0 aliphatic carbocycles. The number of rotatable bonds is 11. The monoisotopic (exact) mass is 671 g/mol. The van der Waals surface area contributed by atoms with Crippen LogP contribution in [0.15, 0.2) is 140 Å². The molecule has 0 spiro atoms. The number of nitrogens with zero attached hydrogens (tertiary/aromatic N) is 7. The van der Waals surface area contributed by atoms with E-state index in [4.69, 9.17) is 15.2 Å². The molecule has 0 saturated heterocycles. The average molecular weight is 672 g/mol. The lowest BCUT2D eigenvalue weighted by Gasteiger charge is -2.33. The maximum Gasteiger partial charge on any atom is 0.334 e. The summed E-state index contributed by atoms with van der Waals surface area (Å²) in [5.41, 5.74) is 9.25. The smallest absolute Gasteiger partial charge is 0.334 e. The van der Waals surface area contributed by atoms with Crippen molar-refractivity contribution < 1.29 is 9.79 Å². The van der Waals surface area contributed by atoms with Gasteiger partial charge in [0.2, 0.25) is 0 Å². The van der Waals surface area contributed by atoms with Crippen molar-refractivity contribution in [1.29, 1.82) is 0 Å². The second kappa shape index (κ2) is 13.6. The van der Waals surface area contributed by atoms with E-state index in [-0.39, 0.29) is 6.61 Å². The van der Waals surface area contributed by atoms with Crippen molar-refractivity contribution in [3.63, 3.8) is 0 Å². The summed E-state index contributed by atoms with van der Waals surface area (Å²) >= 11 is 0. The summed E-state index contributed by atoms with van der Waals surface area (Å²) < 4.78 is 5.99. The number of H-pyrrole nitrogens is 1. The van der Waals surface area contributed by atoms with Gasteiger partial charge in [-0.1, -0.05) is 153 Å². The Bertz CT molecular complexity index is 2300. The first kappa shape index (κ1) is 32.0. The molecule has 3 heterocycles. The highest BCUT2D eigenvalue weighted by molar-refractivity contribution is 5.79. The quantitative estimate of drug-likeness (QED) is 0.117. The van der Waals surface area contributed by atoms with Crippen molar-refractivity contribution in [3.05, 3.63) is 179 Å². The Labute approximate surface area is 296 Å². The van der Waals surface area contributed by atoms with Crippen molar-refractivity contribution >= 4 is 5.65 Å². The molecule has 252 valence electrons. The third kappa shape index (κ3) is 5.43. The second-order valence-electron chi connectivity index (χ2n) is 12.6. The van der Waals surface area contributed by atoms with Crippen molar-refractivity contribution in [2.24, 2.45) is 0 Å². The number of fused-ring (bicyclic) bond motifs is 1. The number of aliphatic hydroxyl groups is 1. The van der Waals surface area contributed by atoms with E-state index in [0.29, 0.717) is 12.4 Å². The Hall–Kier alpha value is -6.19. The molecule has 9 nitrogen and oxygen atoms in total. The molecule has 0 saturated carbocycles. The third-order valence-corrected chi connectivity index (χ3v) is 9.79. The van der Waals surface area contributed by atoms with Crippen molar-refractivity contribution in [1.82, 2.24) is 34.9 Å². The predicted molar refractivity (Wildman–Crippen MR) is 197 cm³/mol. The van der Waals surface area contributed by atoms with Crippen LogP contribution in [0, 0.1) is 0 Å². The lowest BCUT2D eigenvalue weighted by atomic mass is 9.77. The fourth-order valence-corrected chi connectivity index (χ4v) is 7.39. The number of aryl methyl sites for hydroxylation is 2. The Morgan fingerprint density at radius 3 is 1.80 bits per heavy atom. The van der Waals surface area contributed by atoms with E-state index in [1.54, 1.807) is 0 Å². The van der Waals surface area contributed by atoms with Crippen LogP contribution in [0.25, 0.3) is 28.2 Å². The molecule has 0 bridgehead atoms. The van der Waals surface area contributed by atoms with Crippen LogP contribution in [0.4, 0.5) is 0 Å². The van der Waals surface area contributed by atoms with E-state index < -0.39 is 5.54 Å². The molecular formula is C42H39N8O+. The van der Waals surface area contributed by atoms with E-state index in [1.807, 2.05) is 33.6 Å². The third-order valence-electron chi connectivity index (χ3n) is 9.79. The van der Waals surface area contributed by atoms with E-state index >= 15 is 0 Å². The van der Waals surface area contributed by atoms with Gasteiger partial charge in [-0.3, -0.25) is 4.68 Å². The fraction of sp³-hybridized carbons (Fsp3) is 0.167. The number of hydrogen-bond acceptors (Lipinski definition) is 5. The number of hydrogen-bond donors (Lipinski definition) is 2. The minimum absolute atomic E-state index is 0.0741. The number of aliphatic hydroxyl groups excluding tert-OH is 1. The standard InChI is InChI=1S/C42H38N8O/c1-3-35-38(29-51)48(50-40(35)43-39(4-2)45-50)28-30-24-26-31(27-25-30)36-22-14-15-23-37(36)41-44-46-47-49(41)42(32-16-8-5-9-17-32,33-18-10-6-11-19-33)34-20-12-7-13-21-34/h5-27,51H,3-4,28-29H2,1-2H3/p+1. The van der Waals surface area contributed by atoms with Crippen LogP contribution in [-0.2, 0) is 31.5 Å². The van der Waals surface area contributed by atoms with Gasteiger partial charge in [0.1, 0.15) is 5.10 Å². The number of nitrogens with one attached hydrogen (secondary N) is 1. The lowest BCUT2D eigenvalue weighted by Crippen LogP contribution is -2.61. The zero-order chi connectivity index (χ0) is 34.8. The highest BCUT2D eigenvalue weighted by Gasteiger charge is 2.46.